The molecule has 4 fully saturated rings. The van der Waals surface area contributed by atoms with E-state index in [0.29, 0.717) is 5.41 Å². The summed E-state index contributed by atoms with van der Waals surface area (Å²) >= 11 is 0. The zero-order chi connectivity index (χ0) is 15.0. The van der Waals surface area contributed by atoms with E-state index in [2.05, 4.69) is 0 Å². The maximum Gasteiger partial charge on any atom is 0.410 e. The Hall–Kier alpha value is -0.810. The third kappa shape index (κ3) is 2.98. The minimum atomic E-state index is -0.0976. The van der Waals surface area contributed by atoms with Gasteiger partial charge in [-0.05, 0) is 56.8 Å². The molecule has 5 nitrogen and oxygen atoms in total. The minimum absolute atomic E-state index is 0.0976. The molecule has 1 aliphatic carbocycles. The van der Waals surface area contributed by atoms with Gasteiger partial charge in [-0.15, -0.1) is 0 Å². The van der Waals surface area contributed by atoms with Gasteiger partial charge in [-0.25, -0.2) is 4.79 Å². The molecule has 0 N–H and O–H groups in total. The van der Waals surface area contributed by atoms with Gasteiger partial charge in [0.15, 0.2) is 0 Å². The van der Waals surface area contributed by atoms with Crippen molar-refractivity contribution >= 4 is 6.09 Å². The first-order valence-electron chi connectivity index (χ1n) is 8.86. The van der Waals surface area contributed by atoms with Crippen molar-refractivity contribution in [1.29, 1.82) is 0 Å². The van der Waals surface area contributed by atoms with Crippen molar-refractivity contribution in [1.82, 2.24) is 4.90 Å². The zero-order valence-electron chi connectivity index (χ0n) is 13.3. The van der Waals surface area contributed by atoms with Crippen LogP contribution in [0.4, 0.5) is 4.79 Å². The van der Waals surface area contributed by atoms with Crippen molar-refractivity contribution in [3.63, 3.8) is 0 Å². The first-order chi connectivity index (χ1) is 10.7. The molecule has 0 aromatic heterocycles. The maximum atomic E-state index is 12.4. The monoisotopic (exact) mass is 309 g/mol. The van der Waals surface area contributed by atoms with Crippen molar-refractivity contribution in [2.24, 2.45) is 5.41 Å². The molecular formula is C17H27NO4. The van der Waals surface area contributed by atoms with E-state index in [9.17, 15) is 4.79 Å². The van der Waals surface area contributed by atoms with E-state index < -0.39 is 0 Å². The van der Waals surface area contributed by atoms with Crippen LogP contribution in [0.3, 0.4) is 0 Å². The van der Waals surface area contributed by atoms with Gasteiger partial charge >= 0.3 is 6.09 Å². The van der Waals surface area contributed by atoms with E-state index in [1.807, 2.05) is 4.90 Å². The Kier molecular flexibility index (Phi) is 3.81. The molecule has 0 aromatic carbocycles. The summed E-state index contributed by atoms with van der Waals surface area (Å²) in [5.74, 6) is 0. The third-order valence-electron chi connectivity index (χ3n) is 6.30. The molecule has 22 heavy (non-hydrogen) atoms. The smallest absolute Gasteiger partial charge is 0.410 e. The van der Waals surface area contributed by atoms with Gasteiger partial charge in [-0.3, -0.25) is 0 Å². The van der Waals surface area contributed by atoms with Crippen LogP contribution in [0.2, 0.25) is 0 Å². The van der Waals surface area contributed by atoms with Gasteiger partial charge < -0.3 is 19.1 Å². The van der Waals surface area contributed by atoms with Crippen molar-refractivity contribution in [3.05, 3.63) is 0 Å². The second kappa shape index (κ2) is 5.68. The Morgan fingerprint density at radius 3 is 2.23 bits per heavy atom. The van der Waals surface area contributed by atoms with E-state index in [1.165, 1.54) is 0 Å². The normalized spacial score (nSPS) is 37.3. The Morgan fingerprint density at radius 2 is 1.64 bits per heavy atom. The van der Waals surface area contributed by atoms with Crippen LogP contribution in [-0.2, 0) is 14.2 Å². The number of amides is 1. The second-order valence-electron chi connectivity index (χ2n) is 7.65. The summed E-state index contributed by atoms with van der Waals surface area (Å²) in [5, 5.41) is 0. The fraction of sp³-hybridized carbons (Fsp3) is 0.941. The highest BCUT2D eigenvalue weighted by atomic mass is 16.6. The summed E-state index contributed by atoms with van der Waals surface area (Å²) in [6.07, 6.45) is 8.53. The molecule has 0 bridgehead atoms. The molecule has 4 aliphatic rings. The molecule has 1 saturated carbocycles. The molecule has 4 rings (SSSR count). The van der Waals surface area contributed by atoms with Crippen molar-refractivity contribution in [3.8, 4) is 0 Å². The summed E-state index contributed by atoms with van der Waals surface area (Å²) < 4.78 is 16.7. The first kappa shape index (κ1) is 14.8. The standard InChI is InChI=1S/C17H27NO4/c19-15(22-14-1-3-17(4-2-14)13-21-17)18-9-5-16(6-10-18)7-11-20-12-8-16/h14H,1-13H2. The molecular weight excluding hydrogens is 282 g/mol. The number of epoxide rings is 1. The number of ether oxygens (including phenoxy) is 3. The molecule has 0 radical (unpaired) electrons. The van der Waals surface area contributed by atoms with E-state index >= 15 is 0 Å². The summed E-state index contributed by atoms with van der Waals surface area (Å²) in [4.78, 5) is 14.3. The fourth-order valence-corrected chi connectivity index (χ4v) is 4.31. The number of likely N-dealkylation sites (tertiary alicyclic amines) is 1. The minimum Gasteiger partial charge on any atom is -0.446 e. The topological polar surface area (TPSA) is 51.3 Å². The van der Waals surface area contributed by atoms with Gasteiger partial charge in [0.1, 0.15) is 6.10 Å². The van der Waals surface area contributed by atoms with Gasteiger partial charge in [0.25, 0.3) is 0 Å². The molecule has 3 saturated heterocycles. The summed E-state index contributed by atoms with van der Waals surface area (Å²) in [6, 6.07) is 0. The van der Waals surface area contributed by atoms with Crippen LogP contribution in [0, 0.1) is 5.41 Å². The predicted molar refractivity (Wildman–Crippen MR) is 80.7 cm³/mol. The molecule has 3 heterocycles. The Morgan fingerprint density at radius 1 is 1.00 bits per heavy atom. The number of carbonyl (C=O) groups excluding carboxylic acids is 1. The second-order valence-corrected chi connectivity index (χ2v) is 7.65. The third-order valence-corrected chi connectivity index (χ3v) is 6.30. The van der Waals surface area contributed by atoms with Gasteiger partial charge in [-0.1, -0.05) is 0 Å². The molecule has 124 valence electrons. The van der Waals surface area contributed by atoms with Crippen LogP contribution in [0.25, 0.3) is 0 Å². The summed E-state index contributed by atoms with van der Waals surface area (Å²) in [5.41, 5.74) is 0.596. The fourth-order valence-electron chi connectivity index (χ4n) is 4.31. The molecule has 5 heteroatoms. The van der Waals surface area contributed by atoms with Crippen LogP contribution in [0.1, 0.15) is 51.4 Å². The molecule has 3 aliphatic heterocycles. The highest BCUT2D eigenvalue weighted by Crippen LogP contribution is 2.43. The van der Waals surface area contributed by atoms with Gasteiger partial charge in [-0.2, -0.15) is 0 Å². The Bertz CT molecular complexity index is 408. The molecule has 0 atom stereocenters. The summed E-state index contributed by atoms with van der Waals surface area (Å²) in [7, 11) is 0. The molecule has 0 aromatic rings. The average Bonchev–Trinajstić information content (AvgIpc) is 3.31. The Labute approximate surface area is 132 Å². The average molecular weight is 309 g/mol. The van der Waals surface area contributed by atoms with Crippen LogP contribution < -0.4 is 0 Å². The molecule has 0 unspecified atom stereocenters. The van der Waals surface area contributed by atoms with Gasteiger partial charge in [0.2, 0.25) is 0 Å². The van der Waals surface area contributed by atoms with E-state index in [1.54, 1.807) is 0 Å². The van der Waals surface area contributed by atoms with Gasteiger partial charge in [0.05, 0.1) is 12.2 Å². The highest BCUT2D eigenvalue weighted by Gasteiger charge is 2.47. The lowest BCUT2D eigenvalue weighted by Gasteiger charge is -2.44. The van der Waals surface area contributed by atoms with E-state index in [4.69, 9.17) is 14.2 Å². The number of nitrogens with zero attached hydrogens (tertiary/aromatic N) is 1. The summed E-state index contributed by atoms with van der Waals surface area (Å²) in [6.45, 7) is 4.37. The molecule has 1 amide bonds. The number of carbonyl (C=O) groups is 1. The van der Waals surface area contributed by atoms with Crippen molar-refractivity contribution in [2.75, 3.05) is 32.9 Å². The number of rotatable bonds is 1. The lowest BCUT2D eigenvalue weighted by atomic mass is 9.72. The number of piperidine rings is 1. The van der Waals surface area contributed by atoms with Crippen LogP contribution in [0.15, 0.2) is 0 Å². The van der Waals surface area contributed by atoms with Gasteiger partial charge in [0, 0.05) is 26.3 Å². The SMILES string of the molecule is O=C(OC1CCC2(CC1)CO2)N1CCC2(CCOCC2)CC1. The highest BCUT2D eigenvalue weighted by molar-refractivity contribution is 5.68. The number of hydrogen-bond donors (Lipinski definition) is 0. The molecule has 2 spiro atoms. The van der Waals surface area contributed by atoms with Crippen LogP contribution in [-0.4, -0.2) is 55.6 Å². The van der Waals surface area contributed by atoms with E-state index in [0.717, 1.165) is 84.3 Å². The lowest BCUT2D eigenvalue weighted by molar-refractivity contribution is -0.0263. The lowest BCUT2D eigenvalue weighted by Crippen LogP contribution is -2.46. The quantitative estimate of drug-likeness (QED) is 0.699. The predicted octanol–water partition coefficient (Wildman–Crippen LogP) is 2.73. The largest absolute Gasteiger partial charge is 0.446 e. The zero-order valence-corrected chi connectivity index (χ0v) is 13.3. The van der Waals surface area contributed by atoms with Crippen molar-refractivity contribution in [2.45, 2.75) is 63.1 Å². The maximum absolute atomic E-state index is 12.4. The number of hydrogen-bond acceptors (Lipinski definition) is 4. The Balaban J connectivity index is 1.24. The van der Waals surface area contributed by atoms with Crippen molar-refractivity contribution < 1.29 is 19.0 Å². The van der Waals surface area contributed by atoms with Crippen LogP contribution >= 0.6 is 0 Å². The first-order valence-corrected chi connectivity index (χ1v) is 8.86. The van der Waals surface area contributed by atoms with E-state index in [-0.39, 0.29) is 17.8 Å². The van der Waals surface area contributed by atoms with Crippen LogP contribution in [0.5, 0.6) is 0 Å².